The second-order valence-electron chi connectivity index (χ2n) is 3.87. The summed E-state index contributed by atoms with van der Waals surface area (Å²) in [5.41, 5.74) is 0.296. The Balaban J connectivity index is 2.66. The molecule has 3 nitrogen and oxygen atoms in total. The molecule has 1 rings (SSSR count). The van der Waals surface area contributed by atoms with E-state index in [1.807, 2.05) is 6.92 Å². The topological polar surface area (TPSA) is 49.3 Å². The van der Waals surface area contributed by atoms with E-state index in [-0.39, 0.29) is 17.7 Å². The molecule has 0 aromatic heterocycles. The molecule has 94 valence electrons. The summed E-state index contributed by atoms with van der Waals surface area (Å²) < 4.78 is 0.772. The van der Waals surface area contributed by atoms with Gasteiger partial charge in [0.05, 0.1) is 5.56 Å². The lowest BCUT2D eigenvalue weighted by Gasteiger charge is -2.13. The molecule has 0 spiro atoms. The quantitative estimate of drug-likeness (QED) is 0.786. The number of carbonyl (C=O) groups excluding carboxylic acids is 1. The second-order valence-corrected chi connectivity index (χ2v) is 5.58. The number of rotatable bonds is 5. The van der Waals surface area contributed by atoms with Crippen LogP contribution in [0.1, 0.15) is 30.1 Å². The average Bonchev–Trinajstić information content (AvgIpc) is 2.29. The molecule has 0 saturated carbocycles. The van der Waals surface area contributed by atoms with E-state index in [4.69, 9.17) is 0 Å². The number of aromatic hydroxyl groups is 1. The van der Waals surface area contributed by atoms with Crippen LogP contribution in [0, 0.1) is 0 Å². The zero-order valence-electron chi connectivity index (χ0n) is 9.54. The minimum absolute atomic E-state index is 0.00149. The molecule has 0 aliphatic rings. The molecule has 0 saturated heterocycles. The minimum Gasteiger partial charge on any atom is -0.507 e. The number of amides is 1. The Hall–Kier alpha value is -0.550. The van der Waals surface area contributed by atoms with Crippen molar-refractivity contribution in [1.29, 1.82) is 0 Å². The molecule has 1 aromatic rings. The van der Waals surface area contributed by atoms with Crippen LogP contribution in [0.5, 0.6) is 5.75 Å². The molecule has 1 atom stereocenters. The number of hydrogen-bond donors (Lipinski definition) is 2. The Morgan fingerprint density at radius 3 is 2.88 bits per heavy atom. The highest BCUT2D eigenvalue weighted by Crippen LogP contribution is 2.21. The zero-order chi connectivity index (χ0) is 12.8. The van der Waals surface area contributed by atoms with Crippen LogP contribution in [-0.4, -0.2) is 22.4 Å². The van der Waals surface area contributed by atoms with Crippen LogP contribution in [0.25, 0.3) is 0 Å². The number of benzene rings is 1. The van der Waals surface area contributed by atoms with Gasteiger partial charge in [0, 0.05) is 15.8 Å². The Bertz CT molecular complexity index is 396. The average molecular weight is 365 g/mol. The number of hydrogen-bond acceptors (Lipinski definition) is 2. The summed E-state index contributed by atoms with van der Waals surface area (Å²) in [6, 6.07) is 4.91. The fourth-order valence-corrected chi connectivity index (χ4v) is 2.13. The minimum atomic E-state index is -0.245. The van der Waals surface area contributed by atoms with E-state index in [1.165, 1.54) is 6.07 Å². The lowest BCUT2D eigenvalue weighted by atomic mass is 10.1. The van der Waals surface area contributed by atoms with Crippen molar-refractivity contribution in [3.05, 3.63) is 28.2 Å². The fourth-order valence-electron chi connectivity index (χ4n) is 1.45. The SMILES string of the molecule is CC(CCCBr)NC(=O)c1cc(Br)ccc1O. The number of halogens is 2. The summed E-state index contributed by atoms with van der Waals surface area (Å²) in [4.78, 5) is 11.9. The summed E-state index contributed by atoms with van der Waals surface area (Å²) in [6.45, 7) is 1.95. The largest absolute Gasteiger partial charge is 0.507 e. The first-order valence-corrected chi connectivity index (χ1v) is 7.31. The molecule has 1 amide bonds. The highest BCUT2D eigenvalue weighted by molar-refractivity contribution is 9.10. The maximum atomic E-state index is 11.9. The van der Waals surface area contributed by atoms with Gasteiger partial charge in [0.15, 0.2) is 0 Å². The van der Waals surface area contributed by atoms with E-state index in [0.717, 1.165) is 22.6 Å². The lowest BCUT2D eigenvalue weighted by Crippen LogP contribution is -2.32. The van der Waals surface area contributed by atoms with Gasteiger partial charge < -0.3 is 10.4 Å². The molecule has 5 heteroatoms. The van der Waals surface area contributed by atoms with E-state index in [1.54, 1.807) is 12.1 Å². The van der Waals surface area contributed by atoms with Crippen molar-refractivity contribution < 1.29 is 9.90 Å². The molecular weight excluding hydrogens is 350 g/mol. The second kappa shape index (κ2) is 7.01. The number of phenolic OH excluding ortho intramolecular Hbond substituents is 1. The van der Waals surface area contributed by atoms with E-state index < -0.39 is 0 Å². The fraction of sp³-hybridized carbons (Fsp3) is 0.417. The van der Waals surface area contributed by atoms with Crippen molar-refractivity contribution in [3.8, 4) is 5.75 Å². The third-order valence-corrected chi connectivity index (χ3v) is 3.41. The molecule has 0 aliphatic heterocycles. The number of nitrogens with one attached hydrogen (secondary N) is 1. The van der Waals surface area contributed by atoms with Crippen LogP contribution in [-0.2, 0) is 0 Å². The van der Waals surface area contributed by atoms with Gasteiger partial charge in [-0.05, 0) is 38.0 Å². The molecule has 0 fully saturated rings. The van der Waals surface area contributed by atoms with Crippen molar-refractivity contribution in [2.45, 2.75) is 25.8 Å². The first-order chi connectivity index (χ1) is 8.04. The predicted molar refractivity (Wildman–Crippen MR) is 75.8 cm³/mol. The third kappa shape index (κ3) is 4.68. The number of alkyl halides is 1. The highest BCUT2D eigenvalue weighted by atomic mass is 79.9. The van der Waals surface area contributed by atoms with Crippen LogP contribution in [0.4, 0.5) is 0 Å². The summed E-state index contributed by atoms with van der Waals surface area (Å²) in [7, 11) is 0. The van der Waals surface area contributed by atoms with Crippen LogP contribution in [0.2, 0.25) is 0 Å². The summed E-state index contributed by atoms with van der Waals surface area (Å²) in [5.74, 6) is -0.246. The maximum absolute atomic E-state index is 11.9. The van der Waals surface area contributed by atoms with Gasteiger partial charge in [-0.1, -0.05) is 31.9 Å². The highest BCUT2D eigenvalue weighted by Gasteiger charge is 2.13. The molecule has 2 N–H and O–H groups in total. The van der Waals surface area contributed by atoms with E-state index in [2.05, 4.69) is 37.2 Å². The van der Waals surface area contributed by atoms with Crippen molar-refractivity contribution in [2.75, 3.05) is 5.33 Å². The molecule has 1 aromatic carbocycles. The summed E-state index contributed by atoms with van der Waals surface area (Å²) >= 11 is 6.63. The van der Waals surface area contributed by atoms with Crippen LogP contribution in [0.3, 0.4) is 0 Å². The Kier molecular flexibility index (Phi) is 5.98. The molecule has 0 bridgehead atoms. The molecular formula is C12H15Br2NO2. The third-order valence-electron chi connectivity index (χ3n) is 2.35. The van der Waals surface area contributed by atoms with Gasteiger partial charge in [-0.2, -0.15) is 0 Å². The van der Waals surface area contributed by atoms with Gasteiger partial charge >= 0.3 is 0 Å². The van der Waals surface area contributed by atoms with Crippen molar-refractivity contribution >= 4 is 37.8 Å². The van der Waals surface area contributed by atoms with Crippen LogP contribution >= 0.6 is 31.9 Å². The Labute approximate surface area is 118 Å². The summed E-state index contributed by atoms with van der Waals surface area (Å²) in [5, 5.41) is 13.4. The normalized spacial score (nSPS) is 12.2. The van der Waals surface area contributed by atoms with Gasteiger partial charge in [-0.3, -0.25) is 4.79 Å². The molecule has 0 aliphatic carbocycles. The predicted octanol–water partition coefficient (Wildman–Crippen LogP) is 3.45. The molecule has 1 unspecified atom stereocenters. The van der Waals surface area contributed by atoms with Gasteiger partial charge in [0.1, 0.15) is 5.75 Å². The maximum Gasteiger partial charge on any atom is 0.255 e. The number of carbonyl (C=O) groups is 1. The molecule has 0 radical (unpaired) electrons. The first-order valence-electron chi connectivity index (χ1n) is 5.40. The first kappa shape index (κ1) is 14.5. The van der Waals surface area contributed by atoms with E-state index in [0.29, 0.717) is 5.56 Å². The number of phenols is 1. The van der Waals surface area contributed by atoms with Crippen LogP contribution < -0.4 is 5.32 Å². The van der Waals surface area contributed by atoms with Crippen molar-refractivity contribution in [1.82, 2.24) is 5.32 Å². The van der Waals surface area contributed by atoms with Crippen molar-refractivity contribution in [2.24, 2.45) is 0 Å². The summed E-state index contributed by atoms with van der Waals surface area (Å²) in [6.07, 6.45) is 1.91. The Morgan fingerprint density at radius 1 is 1.53 bits per heavy atom. The standard InChI is InChI=1S/C12H15Br2NO2/c1-8(3-2-6-13)15-12(17)10-7-9(14)4-5-11(10)16/h4-5,7-8,16H,2-3,6H2,1H3,(H,15,17). The molecule has 0 heterocycles. The zero-order valence-corrected chi connectivity index (χ0v) is 12.7. The van der Waals surface area contributed by atoms with Gasteiger partial charge in [0.25, 0.3) is 5.91 Å². The Morgan fingerprint density at radius 2 is 2.24 bits per heavy atom. The monoisotopic (exact) mass is 363 g/mol. The van der Waals surface area contributed by atoms with E-state index >= 15 is 0 Å². The van der Waals surface area contributed by atoms with E-state index in [9.17, 15) is 9.90 Å². The van der Waals surface area contributed by atoms with Gasteiger partial charge in [0.2, 0.25) is 0 Å². The van der Waals surface area contributed by atoms with Crippen molar-refractivity contribution in [3.63, 3.8) is 0 Å². The van der Waals surface area contributed by atoms with Crippen LogP contribution in [0.15, 0.2) is 22.7 Å². The lowest BCUT2D eigenvalue weighted by molar-refractivity contribution is 0.0935. The van der Waals surface area contributed by atoms with Gasteiger partial charge in [-0.15, -0.1) is 0 Å². The molecule has 17 heavy (non-hydrogen) atoms. The smallest absolute Gasteiger partial charge is 0.255 e. The van der Waals surface area contributed by atoms with Gasteiger partial charge in [-0.25, -0.2) is 0 Å².